The molecule has 4 rings (SSSR count). The van der Waals surface area contributed by atoms with E-state index >= 15 is 0 Å². The highest BCUT2D eigenvalue weighted by Crippen LogP contribution is 2.38. The largest absolute Gasteiger partial charge is 0.508 e. The van der Waals surface area contributed by atoms with Crippen molar-refractivity contribution in [3.63, 3.8) is 0 Å². The molecule has 1 N–H and O–H groups in total. The summed E-state index contributed by atoms with van der Waals surface area (Å²) in [7, 11) is 1.93. The number of hydrogen-bond acceptors (Lipinski definition) is 4. The number of aryl methyl sites for hydroxylation is 2. The topological polar surface area (TPSA) is 66.6 Å². The van der Waals surface area contributed by atoms with E-state index in [0.717, 1.165) is 24.0 Å². The second-order valence-corrected chi connectivity index (χ2v) is 7.27. The first-order chi connectivity index (χ1) is 12.0. The molecule has 0 amide bonds. The molecule has 1 heterocycles. The number of aromatic hydroxyl groups is 1. The van der Waals surface area contributed by atoms with Crippen LogP contribution in [-0.2, 0) is 12.8 Å². The Kier molecular flexibility index (Phi) is 3.96. The van der Waals surface area contributed by atoms with Crippen molar-refractivity contribution in [1.82, 2.24) is 4.90 Å². The Balaban J connectivity index is 1.85. The lowest BCUT2D eigenvalue weighted by Crippen LogP contribution is -2.28. The zero-order chi connectivity index (χ0) is 17.6. The summed E-state index contributed by atoms with van der Waals surface area (Å²) in [5.41, 5.74) is 5.60. The van der Waals surface area contributed by atoms with E-state index in [1.54, 1.807) is 18.2 Å². The maximum atomic E-state index is 11.6. The normalized spacial score (nSPS) is 22.9. The summed E-state index contributed by atoms with van der Waals surface area (Å²) in [5, 5.41) is 21.6. The summed E-state index contributed by atoms with van der Waals surface area (Å²) in [6.45, 7) is 1.09. The van der Waals surface area contributed by atoms with E-state index in [-0.39, 0.29) is 16.6 Å². The van der Waals surface area contributed by atoms with E-state index < -0.39 is 6.04 Å². The van der Waals surface area contributed by atoms with Crippen molar-refractivity contribution in [2.45, 2.75) is 31.2 Å². The van der Waals surface area contributed by atoms with E-state index in [1.165, 1.54) is 23.1 Å². The van der Waals surface area contributed by atoms with Gasteiger partial charge in [0.15, 0.2) is 0 Å². The van der Waals surface area contributed by atoms with Gasteiger partial charge in [-0.25, -0.2) is 0 Å². The van der Waals surface area contributed by atoms with Gasteiger partial charge in [0.05, 0.1) is 6.54 Å². The van der Waals surface area contributed by atoms with E-state index in [2.05, 4.69) is 18.2 Å². The monoisotopic (exact) mass is 338 g/mol. The van der Waals surface area contributed by atoms with Crippen molar-refractivity contribution in [3.05, 3.63) is 74.3 Å². The highest BCUT2D eigenvalue weighted by Gasteiger charge is 2.35. The molecule has 2 aliphatic rings. The third kappa shape index (κ3) is 2.89. The Morgan fingerprint density at radius 2 is 1.88 bits per heavy atom. The van der Waals surface area contributed by atoms with Crippen LogP contribution in [0, 0.1) is 10.1 Å². The van der Waals surface area contributed by atoms with Gasteiger partial charge in [-0.3, -0.25) is 15.0 Å². The fourth-order valence-corrected chi connectivity index (χ4v) is 4.32. The van der Waals surface area contributed by atoms with E-state index in [1.807, 2.05) is 11.9 Å². The van der Waals surface area contributed by atoms with Crippen LogP contribution in [0.3, 0.4) is 0 Å². The molecule has 2 unspecified atom stereocenters. The third-order valence-electron chi connectivity index (χ3n) is 5.56. The highest BCUT2D eigenvalue weighted by molar-refractivity contribution is 5.46. The summed E-state index contributed by atoms with van der Waals surface area (Å²) in [4.78, 5) is 13.4. The number of hydrogen-bond donors (Lipinski definition) is 1. The molecular formula is C20H22N2O3. The molecule has 0 spiro atoms. The maximum absolute atomic E-state index is 11.6. The minimum absolute atomic E-state index is 0.0305. The maximum Gasteiger partial charge on any atom is 0.250 e. The lowest BCUT2D eigenvalue weighted by molar-refractivity contribution is -0.529. The molecule has 0 fully saturated rings. The van der Waals surface area contributed by atoms with Gasteiger partial charge in [-0.1, -0.05) is 18.2 Å². The van der Waals surface area contributed by atoms with E-state index in [9.17, 15) is 15.2 Å². The molecule has 0 saturated carbocycles. The van der Waals surface area contributed by atoms with Gasteiger partial charge in [0, 0.05) is 22.9 Å². The summed E-state index contributed by atoms with van der Waals surface area (Å²) in [6.07, 6.45) is 3.45. The minimum atomic E-state index is -0.764. The van der Waals surface area contributed by atoms with Crippen molar-refractivity contribution >= 4 is 0 Å². The van der Waals surface area contributed by atoms with Crippen LogP contribution < -0.4 is 0 Å². The fourth-order valence-electron chi connectivity index (χ4n) is 4.32. The van der Waals surface area contributed by atoms with Crippen molar-refractivity contribution < 1.29 is 10.0 Å². The Morgan fingerprint density at radius 1 is 1.08 bits per heavy atom. The molecule has 0 bridgehead atoms. The molecule has 0 radical (unpaired) electrons. The molecule has 5 nitrogen and oxygen atoms in total. The predicted molar refractivity (Wildman–Crippen MR) is 95.6 cm³/mol. The fraction of sp³-hybridized carbons (Fsp3) is 0.400. The Morgan fingerprint density at radius 3 is 2.68 bits per heavy atom. The quantitative estimate of drug-likeness (QED) is 0.674. The van der Waals surface area contributed by atoms with Gasteiger partial charge in [-0.2, -0.15) is 0 Å². The van der Waals surface area contributed by atoms with Crippen molar-refractivity contribution in [2.24, 2.45) is 0 Å². The molecule has 1 aliphatic carbocycles. The predicted octanol–water partition coefficient (Wildman–Crippen LogP) is 3.28. The summed E-state index contributed by atoms with van der Waals surface area (Å²) in [6, 6.07) is 10.8. The van der Waals surface area contributed by atoms with Crippen LogP contribution in [0.1, 0.15) is 46.2 Å². The summed E-state index contributed by atoms with van der Waals surface area (Å²) >= 11 is 0. The van der Waals surface area contributed by atoms with Crippen molar-refractivity contribution in [2.75, 3.05) is 20.1 Å². The van der Waals surface area contributed by atoms with Gasteiger partial charge in [-0.05, 0) is 66.8 Å². The van der Waals surface area contributed by atoms with Crippen molar-refractivity contribution in [3.8, 4) is 5.75 Å². The number of likely N-dealkylation sites (N-methyl/N-ethyl adjacent to an activating group) is 1. The zero-order valence-electron chi connectivity index (χ0n) is 14.3. The number of fused-ring (bicyclic) bond motifs is 2. The summed E-state index contributed by atoms with van der Waals surface area (Å²) in [5.74, 6) is 0.194. The number of rotatable bonds is 2. The van der Waals surface area contributed by atoms with Gasteiger partial charge in [-0.15, -0.1) is 0 Å². The molecule has 130 valence electrons. The first-order valence-corrected chi connectivity index (χ1v) is 8.79. The first kappa shape index (κ1) is 16.1. The molecule has 1 aliphatic heterocycles. The molecule has 0 saturated heterocycles. The van der Waals surface area contributed by atoms with Crippen LogP contribution in [0.5, 0.6) is 5.75 Å². The Hall–Kier alpha value is -2.40. The van der Waals surface area contributed by atoms with Crippen LogP contribution in [0.25, 0.3) is 0 Å². The molecule has 2 aromatic rings. The molecule has 25 heavy (non-hydrogen) atoms. The van der Waals surface area contributed by atoms with Gasteiger partial charge in [0.2, 0.25) is 0 Å². The van der Waals surface area contributed by atoms with E-state index in [0.29, 0.717) is 13.1 Å². The van der Waals surface area contributed by atoms with Crippen LogP contribution >= 0.6 is 0 Å². The second kappa shape index (κ2) is 6.15. The molecular weight excluding hydrogens is 316 g/mol. The number of nitrogens with zero attached hydrogens (tertiary/aromatic N) is 2. The molecule has 0 aromatic heterocycles. The summed E-state index contributed by atoms with van der Waals surface area (Å²) < 4.78 is 0. The minimum Gasteiger partial charge on any atom is -0.508 e. The lowest BCUT2D eigenvalue weighted by atomic mass is 9.86. The standard InChI is InChI=1S/C20H22N2O3/c1-21-11-19(15-6-5-13-3-2-4-14(13)9-15)18-10-16(23)7-8-17(18)20(12-21)22(24)25/h5-10,19-20,23H,2-4,11-12H2,1H3. The molecule has 2 aromatic carbocycles. The van der Waals surface area contributed by atoms with Crippen LogP contribution in [-0.4, -0.2) is 35.1 Å². The average Bonchev–Trinajstić information content (AvgIpc) is 2.99. The van der Waals surface area contributed by atoms with Crippen LogP contribution in [0.4, 0.5) is 0 Å². The smallest absolute Gasteiger partial charge is 0.250 e. The van der Waals surface area contributed by atoms with E-state index in [4.69, 9.17) is 0 Å². The molecule has 2 atom stereocenters. The van der Waals surface area contributed by atoms with Gasteiger partial charge in [0.25, 0.3) is 6.04 Å². The van der Waals surface area contributed by atoms with Gasteiger partial charge >= 0.3 is 0 Å². The number of benzene rings is 2. The zero-order valence-corrected chi connectivity index (χ0v) is 14.3. The Bertz CT molecular complexity index is 834. The number of phenols is 1. The first-order valence-electron chi connectivity index (χ1n) is 8.79. The van der Waals surface area contributed by atoms with Gasteiger partial charge < -0.3 is 5.11 Å². The average molecular weight is 338 g/mol. The van der Waals surface area contributed by atoms with Gasteiger partial charge in [0.1, 0.15) is 5.75 Å². The van der Waals surface area contributed by atoms with Crippen molar-refractivity contribution in [1.29, 1.82) is 0 Å². The lowest BCUT2D eigenvalue weighted by Gasteiger charge is -2.22. The highest BCUT2D eigenvalue weighted by atomic mass is 16.6. The van der Waals surface area contributed by atoms with Crippen LogP contribution in [0.15, 0.2) is 36.4 Å². The number of phenolic OH excluding ortho intramolecular Hbond substituents is 1. The SMILES string of the molecule is CN1CC(c2ccc3c(c2)CCC3)c2cc(O)ccc2C([N+](=O)[O-])C1. The third-order valence-corrected chi connectivity index (χ3v) is 5.56. The Labute approximate surface area is 147 Å². The van der Waals surface area contributed by atoms with Crippen LogP contribution in [0.2, 0.25) is 0 Å². The second-order valence-electron chi connectivity index (χ2n) is 7.27. The molecule has 5 heteroatoms. The number of nitro groups is 1.